The minimum Gasteiger partial charge on any atom is -0.365 e. The molecule has 1 aliphatic heterocycles. The first-order valence-corrected chi connectivity index (χ1v) is 4.26. The molecular weight excluding hydrogens is 168 g/mol. The SMILES string of the molecule is O=[N+]([O-])C1=CC=C2NC=CC2CC1. The summed E-state index contributed by atoms with van der Waals surface area (Å²) in [5, 5.41) is 13.6. The fourth-order valence-electron chi connectivity index (χ4n) is 1.62. The highest BCUT2D eigenvalue weighted by molar-refractivity contribution is 5.27. The zero-order valence-corrected chi connectivity index (χ0v) is 7.06. The third-order valence-corrected chi connectivity index (χ3v) is 2.38. The maximum absolute atomic E-state index is 10.5. The van der Waals surface area contributed by atoms with Crippen LogP contribution in [0.2, 0.25) is 0 Å². The van der Waals surface area contributed by atoms with Gasteiger partial charge in [0.05, 0.1) is 4.92 Å². The minimum atomic E-state index is -0.304. The maximum Gasteiger partial charge on any atom is 0.246 e. The van der Waals surface area contributed by atoms with E-state index in [9.17, 15) is 10.1 Å². The average Bonchev–Trinajstić information content (AvgIpc) is 2.44. The van der Waals surface area contributed by atoms with Crippen molar-refractivity contribution in [2.75, 3.05) is 0 Å². The lowest BCUT2D eigenvalue weighted by Crippen LogP contribution is -2.05. The number of fused-ring (bicyclic) bond motifs is 1. The first-order valence-electron chi connectivity index (χ1n) is 4.26. The fraction of sp³-hybridized carbons (Fsp3) is 0.333. The number of nitrogens with zero attached hydrogens (tertiary/aromatic N) is 1. The van der Waals surface area contributed by atoms with Crippen LogP contribution in [0.4, 0.5) is 0 Å². The van der Waals surface area contributed by atoms with Crippen LogP contribution in [-0.4, -0.2) is 4.92 Å². The molecule has 0 saturated heterocycles. The molecule has 0 fully saturated rings. The van der Waals surface area contributed by atoms with Gasteiger partial charge in [-0.05, 0) is 18.7 Å². The lowest BCUT2D eigenvalue weighted by molar-refractivity contribution is -0.428. The zero-order valence-electron chi connectivity index (χ0n) is 7.06. The second-order valence-corrected chi connectivity index (χ2v) is 3.19. The van der Waals surface area contributed by atoms with Gasteiger partial charge in [0.2, 0.25) is 5.70 Å². The second-order valence-electron chi connectivity index (χ2n) is 3.19. The number of nitrogens with one attached hydrogen (secondary N) is 1. The molecule has 0 aromatic carbocycles. The van der Waals surface area contributed by atoms with E-state index in [1.54, 1.807) is 12.2 Å². The van der Waals surface area contributed by atoms with E-state index in [1.807, 2.05) is 12.3 Å². The molecule has 1 aliphatic carbocycles. The van der Waals surface area contributed by atoms with Crippen molar-refractivity contribution >= 4 is 0 Å². The summed E-state index contributed by atoms with van der Waals surface area (Å²) >= 11 is 0. The van der Waals surface area contributed by atoms with Gasteiger partial charge in [-0.2, -0.15) is 0 Å². The summed E-state index contributed by atoms with van der Waals surface area (Å²) in [4.78, 5) is 10.2. The van der Waals surface area contributed by atoms with Crippen molar-refractivity contribution in [3.8, 4) is 0 Å². The van der Waals surface area contributed by atoms with Crippen molar-refractivity contribution in [1.82, 2.24) is 5.32 Å². The third-order valence-electron chi connectivity index (χ3n) is 2.38. The van der Waals surface area contributed by atoms with Crippen LogP contribution in [0.25, 0.3) is 0 Å². The monoisotopic (exact) mass is 178 g/mol. The van der Waals surface area contributed by atoms with Gasteiger partial charge in [0, 0.05) is 24.1 Å². The Hall–Kier alpha value is -1.58. The highest BCUT2D eigenvalue weighted by atomic mass is 16.6. The molecule has 0 aromatic rings. The molecule has 0 radical (unpaired) electrons. The molecule has 1 atom stereocenters. The predicted octanol–water partition coefficient (Wildman–Crippen LogP) is 1.56. The largest absolute Gasteiger partial charge is 0.365 e. The molecule has 0 saturated carbocycles. The van der Waals surface area contributed by atoms with Gasteiger partial charge in [-0.3, -0.25) is 10.1 Å². The van der Waals surface area contributed by atoms with Gasteiger partial charge in [0.1, 0.15) is 0 Å². The van der Waals surface area contributed by atoms with Gasteiger partial charge in [0.25, 0.3) is 0 Å². The molecule has 1 N–H and O–H groups in total. The van der Waals surface area contributed by atoms with E-state index in [1.165, 1.54) is 0 Å². The number of hydrogen-bond acceptors (Lipinski definition) is 3. The number of hydrogen-bond donors (Lipinski definition) is 1. The highest BCUT2D eigenvalue weighted by Gasteiger charge is 2.21. The first-order chi connectivity index (χ1) is 6.27. The lowest BCUT2D eigenvalue weighted by atomic mass is 10.0. The molecule has 4 heteroatoms. The van der Waals surface area contributed by atoms with Crippen molar-refractivity contribution in [3.05, 3.63) is 45.9 Å². The van der Waals surface area contributed by atoms with Gasteiger partial charge in [0.15, 0.2) is 0 Å². The van der Waals surface area contributed by atoms with Crippen molar-refractivity contribution in [1.29, 1.82) is 0 Å². The van der Waals surface area contributed by atoms with Gasteiger partial charge in [-0.15, -0.1) is 0 Å². The summed E-state index contributed by atoms with van der Waals surface area (Å²) in [7, 11) is 0. The van der Waals surface area contributed by atoms with Crippen LogP contribution in [0, 0.1) is 16.0 Å². The maximum atomic E-state index is 10.5. The Morgan fingerprint density at radius 3 is 3.15 bits per heavy atom. The Morgan fingerprint density at radius 2 is 2.38 bits per heavy atom. The molecule has 1 unspecified atom stereocenters. The summed E-state index contributed by atoms with van der Waals surface area (Å²) < 4.78 is 0. The van der Waals surface area contributed by atoms with E-state index in [-0.39, 0.29) is 4.92 Å². The number of nitro groups is 1. The van der Waals surface area contributed by atoms with Gasteiger partial charge in [-0.1, -0.05) is 6.08 Å². The molecule has 2 rings (SSSR count). The van der Waals surface area contributed by atoms with Crippen LogP contribution < -0.4 is 5.32 Å². The third kappa shape index (κ3) is 1.47. The number of rotatable bonds is 1. The van der Waals surface area contributed by atoms with Crippen LogP contribution >= 0.6 is 0 Å². The van der Waals surface area contributed by atoms with E-state index in [0.717, 1.165) is 12.1 Å². The topological polar surface area (TPSA) is 55.2 Å². The summed E-state index contributed by atoms with van der Waals surface area (Å²) in [6.45, 7) is 0. The molecule has 0 spiro atoms. The normalized spacial score (nSPS) is 25.4. The van der Waals surface area contributed by atoms with Gasteiger partial charge in [-0.25, -0.2) is 0 Å². The molecule has 0 aromatic heterocycles. The van der Waals surface area contributed by atoms with Gasteiger partial charge >= 0.3 is 0 Å². The fourth-order valence-corrected chi connectivity index (χ4v) is 1.62. The molecular formula is C9H10N2O2. The van der Waals surface area contributed by atoms with Crippen LogP contribution in [0.15, 0.2) is 35.8 Å². The standard InChI is InChI=1S/C9H10N2O2/c12-11(13)8-2-1-7-5-6-10-9(7)4-3-8/h3-7,10H,1-2H2. The molecule has 0 bridgehead atoms. The molecule has 4 nitrogen and oxygen atoms in total. The smallest absolute Gasteiger partial charge is 0.246 e. The Labute approximate surface area is 75.8 Å². The Balaban J connectivity index is 2.20. The van der Waals surface area contributed by atoms with Gasteiger partial charge < -0.3 is 5.32 Å². The van der Waals surface area contributed by atoms with E-state index in [4.69, 9.17) is 0 Å². The predicted molar refractivity (Wildman–Crippen MR) is 48.2 cm³/mol. The van der Waals surface area contributed by atoms with Crippen molar-refractivity contribution in [2.45, 2.75) is 12.8 Å². The second kappa shape index (κ2) is 3.05. The van der Waals surface area contributed by atoms with Crippen LogP contribution in [0.5, 0.6) is 0 Å². The molecule has 1 heterocycles. The summed E-state index contributed by atoms with van der Waals surface area (Å²) in [6.07, 6.45) is 8.70. The highest BCUT2D eigenvalue weighted by Crippen LogP contribution is 2.26. The van der Waals surface area contributed by atoms with Crippen LogP contribution in [0.1, 0.15) is 12.8 Å². The Morgan fingerprint density at radius 1 is 1.54 bits per heavy atom. The lowest BCUT2D eigenvalue weighted by Gasteiger charge is -2.06. The van der Waals surface area contributed by atoms with Crippen molar-refractivity contribution < 1.29 is 4.92 Å². The first kappa shape index (κ1) is 8.04. The molecule has 68 valence electrons. The van der Waals surface area contributed by atoms with Crippen LogP contribution in [0.3, 0.4) is 0 Å². The van der Waals surface area contributed by atoms with Crippen LogP contribution in [-0.2, 0) is 0 Å². The quantitative estimate of drug-likeness (QED) is 0.489. The summed E-state index contributed by atoms with van der Waals surface area (Å²) in [5.74, 6) is 0.341. The Bertz CT molecular complexity index is 329. The van der Waals surface area contributed by atoms with Crippen molar-refractivity contribution in [3.63, 3.8) is 0 Å². The molecule has 0 amide bonds. The Kier molecular flexibility index (Phi) is 1.88. The van der Waals surface area contributed by atoms with Crippen molar-refractivity contribution in [2.24, 2.45) is 5.92 Å². The van der Waals surface area contributed by atoms with E-state index < -0.39 is 0 Å². The van der Waals surface area contributed by atoms with E-state index in [0.29, 0.717) is 18.0 Å². The zero-order chi connectivity index (χ0) is 9.26. The molecule has 13 heavy (non-hydrogen) atoms. The van der Waals surface area contributed by atoms with E-state index >= 15 is 0 Å². The number of allylic oxidation sites excluding steroid dienone is 4. The average molecular weight is 178 g/mol. The van der Waals surface area contributed by atoms with E-state index in [2.05, 4.69) is 5.32 Å². The molecule has 2 aliphatic rings. The minimum absolute atomic E-state index is 0.303. The summed E-state index contributed by atoms with van der Waals surface area (Å²) in [6, 6.07) is 0. The summed E-state index contributed by atoms with van der Waals surface area (Å²) in [5.41, 5.74) is 1.37.